The van der Waals surface area contributed by atoms with Gasteiger partial charge in [0.15, 0.2) is 0 Å². The maximum absolute atomic E-state index is 12.0. The topological polar surface area (TPSA) is 54.5 Å². The van der Waals surface area contributed by atoms with Gasteiger partial charge >= 0.3 is 0 Å². The molecule has 0 aromatic carbocycles. The minimum absolute atomic E-state index is 0.0912. The van der Waals surface area contributed by atoms with Gasteiger partial charge < -0.3 is 15.0 Å². The predicted molar refractivity (Wildman–Crippen MR) is 82.5 cm³/mol. The summed E-state index contributed by atoms with van der Waals surface area (Å²) in [6.45, 7) is 3.32. The normalized spacial score (nSPS) is 19.7. The first-order valence-electron chi connectivity index (χ1n) is 7.90. The standard InChI is InChI=1S/C16H23N3O2/c20-16(11-13-3-1-2-4-13)18-15-6-5-14(12-17-15)19-7-9-21-10-8-19/h5-6,12-13H,1-4,7-11H2,(H,17,18,20). The molecular weight excluding hydrogens is 266 g/mol. The van der Waals surface area contributed by atoms with Crippen molar-refractivity contribution in [1.82, 2.24) is 4.98 Å². The van der Waals surface area contributed by atoms with Gasteiger partial charge in [-0.05, 0) is 30.9 Å². The Morgan fingerprint density at radius 2 is 2.05 bits per heavy atom. The molecule has 2 aliphatic rings. The molecule has 1 aliphatic heterocycles. The summed E-state index contributed by atoms with van der Waals surface area (Å²) in [7, 11) is 0. The Morgan fingerprint density at radius 3 is 2.71 bits per heavy atom. The molecule has 3 rings (SSSR count). The van der Waals surface area contributed by atoms with Crippen molar-refractivity contribution >= 4 is 17.4 Å². The number of carbonyl (C=O) groups excluding carboxylic acids is 1. The van der Waals surface area contributed by atoms with Gasteiger partial charge in [-0.1, -0.05) is 12.8 Å². The number of hydrogen-bond acceptors (Lipinski definition) is 4. The maximum Gasteiger partial charge on any atom is 0.225 e. The van der Waals surface area contributed by atoms with Crippen LogP contribution in [0.15, 0.2) is 18.3 Å². The molecule has 2 fully saturated rings. The Balaban J connectivity index is 1.52. The van der Waals surface area contributed by atoms with Crippen molar-refractivity contribution in [3.05, 3.63) is 18.3 Å². The second-order valence-electron chi connectivity index (χ2n) is 5.90. The number of ether oxygens (including phenoxy) is 1. The van der Waals surface area contributed by atoms with Crippen LogP contribution >= 0.6 is 0 Å². The monoisotopic (exact) mass is 289 g/mol. The first-order chi connectivity index (χ1) is 10.3. The molecule has 0 unspecified atom stereocenters. The van der Waals surface area contributed by atoms with Gasteiger partial charge in [0.05, 0.1) is 25.1 Å². The number of morpholine rings is 1. The van der Waals surface area contributed by atoms with Crippen LogP contribution in [-0.4, -0.2) is 37.2 Å². The van der Waals surface area contributed by atoms with Crippen molar-refractivity contribution in [2.24, 2.45) is 5.92 Å². The van der Waals surface area contributed by atoms with E-state index in [1.807, 2.05) is 18.3 Å². The predicted octanol–water partition coefficient (Wildman–Crippen LogP) is 2.44. The molecule has 0 spiro atoms. The molecule has 5 nitrogen and oxygen atoms in total. The second kappa shape index (κ2) is 6.89. The van der Waals surface area contributed by atoms with E-state index in [-0.39, 0.29) is 5.91 Å². The van der Waals surface area contributed by atoms with Gasteiger partial charge in [0.1, 0.15) is 5.82 Å². The summed E-state index contributed by atoms with van der Waals surface area (Å²) >= 11 is 0. The van der Waals surface area contributed by atoms with Crippen LogP contribution in [0.2, 0.25) is 0 Å². The van der Waals surface area contributed by atoms with Crippen molar-refractivity contribution in [2.45, 2.75) is 32.1 Å². The number of amides is 1. The van der Waals surface area contributed by atoms with Crippen molar-refractivity contribution in [3.63, 3.8) is 0 Å². The lowest BCUT2D eigenvalue weighted by molar-refractivity contribution is -0.117. The Labute approximate surface area is 125 Å². The third-order valence-corrected chi connectivity index (χ3v) is 4.34. The molecule has 5 heteroatoms. The minimum Gasteiger partial charge on any atom is -0.378 e. The molecule has 1 N–H and O–H groups in total. The molecule has 1 aromatic heterocycles. The maximum atomic E-state index is 12.0. The largest absolute Gasteiger partial charge is 0.378 e. The minimum atomic E-state index is 0.0912. The zero-order chi connectivity index (χ0) is 14.5. The SMILES string of the molecule is O=C(CC1CCCC1)Nc1ccc(N2CCOCC2)cn1. The van der Waals surface area contributed by atoms with Crippen LogP contribution in [0.1, 0.15) is 32.1 Å². The summed E-state index contributed by atoms with van der Waals surface area (Å²) in [4.78, 5) is 18.6. The van der Waals surface area contributed by atoms with Crippen LogP contribution < -0.4 is 10.2 Å². The fourth-order valence-corrected chi connectivity index (χ4v) is 3.14. The first-order valence-corrected chi connectivity index (χ1v) is 7.90. The highest BCUT2D eigenvalue weighted by molar-refractivity contribution is 5.90. The number of pyridine rings is 1. The average Bonchev–Trinajstić information content (AvgIpc) is 3.02. The first kappa shape index (κ1) is 14.3. The molecule has 114 valence electrons. The highest BCUT2D eigenvalue weighted by Gasteiger charge is 2.18. The van der Waals surface area contributed by atoms with E-state index in [1.165, 1.54) is 25.7 Å². The molecule has 0 atom stereocenters. The van der Waals surface area contributed by atoms with Crippen LogP contribution in [0, 0.1) is 5.92 Å². The van der Waals surface area contributed by atoms with Gasteiger partial charge in [-0.25, -0.2) is 4.98 Å². The lowest BCUT2D eigenvalue weighted by Gasteiger charge is -2.28. The number of carbonyl (C=O) groups is 1. The Morgan fingerprint density at radius 1 is 1.29 bits per heavy atom. The molecule has 1 aromatic rings. The van der Waals surface area contributed by atoms with E-state index in [0.29, 0.717) is 18.2 Å². The van der Waals surface area contributed by atoms with Crippen LogP contribution in [0.4, 0.5) is 11.5 Å². The second-order valence-corrected chi connectivity index (χ2v) is 5.90. The molecular formula is C16H23N3O2. The fourth-order valence-electron chi connectivity index (χ4n) is 3.14. The van der Waals surface area contributed by atoms with Gasteiger partial charge in [-0.15, -0.1) is 0 Å². The lowest BCUT2D eigenvalue weighted by Crippen LogP contribution is -2.36. The molecule has 1 aliphatic carbocycles. The summed E-state index contributed by atoms with van der Waals surface area (Å²) in [5.41, 5.74) is 1.09. The molecule has 2 heterocycles. The van der Waals surface area contributed by atoms with Crippen LogP contribution in [0.25, 0.3) is 0 Å². The van der Waals surface area contributed by atoms with E-state index in [9.17, 15) is 4.79 Å². The van der Waals surface area contributed by atoms with Gasteiger partial charge in [0.2, 0.25) is 5.91 Å². The Bertz CT molecular complexity index is 463. The lowest BCUT2D eigenvalue weighted by atomic mass is 10.0. The van der Waals surface area contributed by atoms with E-state index in [0.717, 1.165) is 32.0 Å². The number of anilines is 2. The van der Waals surface area contributed by atoms with Crippen molar-refractivity contribution in [1.29, 1.82) is 0 Å². The number of rotatable bonds is 4. The molecule has 0 bridgehead atoms. The summed E-state index contributed by atoms with van der Waals surface area (Å²) in [5.74, 6) is 1.31. The van der Waals surface area contributed by atoms with Gasteiger partial charge in [0.25, 0.3) is 0 Å². The van der Waals surface area contributed by atoms with Gasteiger partial charge in [-0.2, -0.15) is 0 Å². The zero-order valence-electron chi connectivity index (χ0n) is 12.4. The molecule has 1 saturated carbocycles. The van der Waals surface area contributed by atoms with E-state index in [4.69, 9.17) is 4.74 Å². The Kier molecular flexibility index (Phi) is 4.70. The van der Waals surface area contributed by atoms with Crippen LogP contribution in [-0.2, 0) is 9.53 Å². The molecule has 21 heavy (non-hydrogen) atoms. The van der Waals surface area contributed by atoms with Crippen LogP contribution in [0.5, 0.6) is 0 Å². The third kappa shape index (κ3) is 3.94. The average molecular weight is 289 g/mol. The number of nitrogens with one attached hydrogen (secondary N) is 1. The number of nitrogens with zero attached hydrogens (tertiary/aromatic N) is 2. The number of hydrogen-bond donors (Lipinski definition) is 1. The highest BCUT2D eigenvalue weighted by atomic mass is 16.5. The summed E-state index contributed by atoms with van der Waals surface area (Å²) in [6, 6.07) is 3.90. The smallest absolute Gasteiger partial charge is 0.225 e. The summed E-state index contributed by atoms with van der Waals surface area (Å²) in [5, 5.41) is 2.91. The van der Waals surface area contributed by atoms with Gasteiger partial charge in [0, 0.05) is 19.5 Å². The van der Waals surface area contributed by atoms with Crippen LogP contribution in [0.3, 0.4) is 0 Å². The van der Waals surface area contributed by atoms with E-state index in [2.05, 4.69) is 15.2 Å². The van der Waals surface area contributed by atoms with Gasteiger partial charge in [-0.3, -0.25) is 4.79 Å². The van der Waals surface area contributed by atoms with Crippen molar-refractivity contribution in [2.75, 3.05) is 36.5 Å². The zero-order valence-corrected chi connectivity index (χ0v) is 12.4. The Hall–Kier alpha value is -1.62. The molecule has 1 saturated heterocycles. The quantitative estimate of drug-likeness (QED) is 0.925. The van der Waals surface area contributed by atoms with Crippen molar-refractivity contribution < 1.29 is 9.53 Å². The van der Waals surface area contributed by atoms with E-state index in [1.54, 1.807) is 0 Å². The van der Waals surface area contributed by atoms with E-state index >= 15 is 0 Å². The van der Waals surface area contributed by atoms with E-state index < -0.39 is 0 Å². The summed E-state index contributed by atoms with van der Waals surface area (Å²) < 4.78 is 5.34. The summed E-state index contributed by atoms with van der Waals surface area (Å²) in [6.07, 6.45) is 7.38. The molecule has 0 radical (unpaired) electrons. The van der Waals surface area contributed by atoms with Crippen molar-refractivity contribution in [3.8, 4) is 0 Å². The fraction of sp³-hybridized carbons (Fsp3) is 0.625. The third-order valence-electron chi connectivity index (χ3n) is 4.34. The highest BCUT2D eigenvalue weighted by Crippen LogP contribution is 2.27. The molecule has 1 amide bonds. The number of aromatic nitrogens is 1.